The molecule has 1 amide bonds. The van der Waals surface area contributed by atoms with E-state index in [-0.39, 0.29) is 5.91 Å². The van der Waals surface area contributed by atoms with Crippen LogP contribution in [0.15, 0.2) is 12.1 Å². The summed E-state index contributed by atoms with van der Waals surface area (Å²) < 4.78 is 2.01. The van der Waals surface area contributed by atoms with Gasteiger partial charge in [-0.25, -0.2) is 4.98 Å². The number of rotatable bonds is 5. The van der Waals surface area contributed by atoms with Crippen molar-refractivity contribution in [2.24, 2.45) is 7.05 Å². The molecule has 2 N–H and O–H groups in total. The molecule has 24 heavy (non-hydrogen) atoms. The average Bonchev–Trinajstić information content (AvgIpc) is 3.21. The minimum Gasteiger partial charge on any atom is -0.354 e. The van der Waals surface area contributed by atoms with E-state index in [1.54, 1.807) is 7.05 Å². The second kappa shape index (κ2) is 7.17. The number of amides is 1. The highest BCUT2D eigenvalue weighted by Crippen LogP contribution is 2.32. The summed E-state index contributed by atoms with van der Waals surface area (Å²) in [4.78, 5) is 18.9. The molecule has 3 heterocycles. The fraction of sp³-hybridized carbons (Fsp3) is 0.588. The van der Waals surface area contributed by atoms with Crippen LogP contribution in [0.1, 0.15) is 60.1 Å². The van der Waals surface area contributed by atoms with Gasteiger partial charge in [-0.1, -0.05) is 13.3 Å². The maximum absolute atomic E-state index is 12.0. The van der Waals surface area contributed by atoms with Crippen LogP contribution < -0.4 is 5.32 Å². The molecule has 2 aromatic rings. The van der Waals surface area contributed by atoms with Gasteiger partial charge in [-0.05, 0) is 31.5 Å². The molecule has 1 saturated heterocycles. The number of aromatic amines is 1. The molecule has 0 saturated carbocycles. The Bertz CT molecular complexity index is 704. The Hall–Kier alpha value is -2.15. The number of likely N-dealkylation sites (tertiary alicyclic amines) is 1. The predicted molar refractivity (Wildman–Crippen MR) is 91.6 cm³/mol. The van der Waals surface area contributed by atoms with E-state index in [1.807, 2.05) is 17.7 Å². The molecule has 3 rings (SSSR count). The standard InChI is InChI=1S/C17H26N6O/c1-4-15-19-16(21-20-15)11-23-10-6-5-7-13(23)12-8-9-14(22(12)3)17(24)18-2/h8-9,13H,4-7,10-11H2,1-3H3,(H,18,24)(H,19,20,21). The Morgan fingerprint density at radius 1 is 1.42 bits per heavy atom. The third-order valence-electron chi connectivity index (χ3n) is 4.82. The van der Waals surface area contributed by atoms with Crippen molar-refractivity contribution in [1.29, 1.82) is 0 Å². The number of H-pyrrole nitrogens is 1. The number of carbonyl (C=O) groups excluding carboxylic acids is 1. The van der Waals surface area contributed by atoms with Crippen molar-refractivity contribution in [3.05, 3.63) is 35.2 Å². The lowest BCUT2D eigenvalue weighted by Crippen LogP contribution is -2.34. The number of carbonyl (C=O) groups is 1. The summed E-state index contributed by atoms with van der Waals surface area (Å²) in [5, 5.41) is 9.98. The molecular weight excluding hydrogens is 304 g/mol. The number of piperidine rings is 1. The quantitative estimate of drug-likeness (QED) is 0.876. The first-order chi connectivity index (χ1) is 11.6. The summed E-state index contributed by atoms with van der Waals surface area (Å²) in [6, 6.07) is 4.29. The molecule has 1 aliphatic heterocycles. The molecule has 7 nitrogen and oxygen atoms in total. The third kappa shape index (κ3) is 3.21. The fourth-order valence-corrected chi connectivity index (χ4v) is 3.49. The largest absolute Gasteiger partial charge is 0.354 e. The summed E-state index contributed by atoms with van der Waals surface area (Å²) in [7, 11) is 3.63. The lowest BCUT2D eigenvalue weighted by molar-refractivity contribution is 0.0952. The van der Waals surface area contributed by atoms with Crippen LogP contribution in [-0.2, 0) is 20.0 Å². The second-order valence-corrected chi connectivity index (χ2v) is 6.32. The van der Waals surface area contributed by atoms with Gasteiger partial charge in [0, 0.05) is 26.2 Å². The van der Waals surface area contributed by atoms with Crippen LogP contribution >= 0.6 is 0 Å². The van der Waals surface area contributed by atoms with Crippen molar-refractivity contribution >= 4 is 5.91 Å². The van der Waals surface area contributed by atoms with Crippen LogP contribution in [0, 0.1) is 0 Å². The van der Waals surface area contributed by atoms with Crippen LogP contribution in [0.5, 0.6) is 0 Å². The minimum absolute atomic E-state index is 0.0473. The lowest BCUT2D eigenvalue weighted by Gasteiger charge is -2.35. The molecular formula is C17H26N6O. The van der Waals surface area contributed by atoms with E-state index in [9.17, 15) is 4.79 Å². The van der Waals surface area contributed by atoms with Crippen LogP contribution in [0.25, 0.3) is 0 Å². The van der Waals surface area contributed by atoms with Crippen LogP contribution in [0.3, 0.4) is 0 Å². The second-order valence-electron chi connectivity index (χ2n) is 6.32. The number of aryl methyl sites for hydroxylation is 1. The first kappa shape index (κ1) is 16.7. The normalized spacial score (nSPS) is 18.7. The third-order valence-corrected chi connectivity index (χ3v) is 4.82. The SMILES string of the molecule is CCc1n[nH]c(CN2CCCCC2c2ccc(C(=O)NC)n2C)n1. The minimum atomic E-state index is -0.0473. The molecule has 0 aromatic carbocycles. The van der Waals surface area contributed by atoms with Gasteiger partial charge in [-0.15, -0.1) is 0 Å². The van der Waals surface area contributed by atoms with Gasteiger partial charge in [-0.3, -0.25) is 14.8 Å². The maximum atomic E-state index is 12.0. The van der Waals surface area contributed by atoms with Crippen LogP contribution in [0.2, 0.25) is 0 Å². The van der Waals surface area contributed by atoms with E-state index in [2.05, 4.69) is 38.4 Å². The summed E-state index contributed by atoms with van der Waals surface area (Å²) in [5.74, 6) is 1.73. The van der Waals surface area contributed by atoms with Gasteiger partial charge in [0.25, 0.3) is 5.91 Å². The summed E-state index contributed by atoms with van der Waals surface area (Å²) >= 11 is 0. The monoisotopic (exact) mass is 330 g/mol. The van der Waals surface area contributed by atoms with Gasteiger partial charge in [-0.2, -0.15) is 5.10 Å². The molecule has 0 radical (unpaired) electrons. The molecule has 7 heteroatoms. The molecule has 0 bridgehead atoms. The van der Waals surface area contributed by atoms with E-state index >= 15 is 0 Å². The van der Waals surface area contributed by atoms with Gasteiger partial charge < -0.3 is 9.88 Å². The van der Waals surface area contributed by atoms with E-state index in [0.29, 0.717) is 11.7 Å². The number of hydrogen-bond acceptors (Lipinski definition) is 4. The topological polar surface area (TPSA) is 78.8 Å². The fourth-order valence-electron chi connectivity index (χ4n) is 3.49. The highest BCUT2D eigenvalue weighted by Gasteiger charge is 2.28. The van der Waals surface area contributed by atoms with E-state index < -0.39 is 0 Å². The zero-order chi connectivity index (χ0) is 17.1. The van der Waals surface area contributed by atoms with E-state index in [0.717, 1.165) is 37.6 Å². The highest BCUT2D eigenvalue weighted by atomic mass is 16.1. The van der Waals surface area contributed by atoms with E-state index in [4.69, 9.17) is 0 Å². The number of hydrogen-bond donors (Lipinski definition) is 2. The van der Waals surface area contributed by atoms with Gasteiger partial charge in [0.1, 0.15) is 17.3 Å². The zero-order valence-corrected chi connectivity index (χ0v) is 14.7. The van der Waals surface area contributed by atoms with Crippen molar-refractivity contribution in [3.8, 4) is 0 Å². The Kier molecular flexibility index (Phi) is 4.99. The predicted octanol–water partition coefficient (Wildman–Crippen LogP) is 1.79. The molecule has 0 aliphatic carbocycles. The zero-order valence-electron chi connectivity index (χ0n) is 14.7. The highest BCUT2D eigenvalue weighted by molar-refractivity contribution is 5.92. The average molecular weight is 330 g/mol. The Labute approximate surface area is 142 Å². The summed E-state index contributed by atoms with van der Waals surface area (Å²) in [6.45, 7) is 3.85. The molecule has 130 valence electrons. The molecule has 1 unspecified atom stereocenters. The lowest BCUT2D eigenvalue weighted by atomic mass is 9.99. The van der Waals surface area contributed by atoms with Crippen molar-refractivity contribution < 1.29 is 4.79 Å². The van der Waals surface area contributed by atoms with Crippen molar-refractivity contribution in [1.82, 2.24) is 30.0 Å². The Balaban J connectivity index is 1.82. The number of nitrogens with one attached hydrogen (secondary N) is 2. The molecule has 0 spiro atoms. The van der Waals surface area contributed by atoms with Crippen LogP contribution in [-0.4, -0.2) is 44.1 Å². The van der Waals surface area contributed by atoms with Gasteiger partial charge in [0.15, 0.2) is 0 Å². The smallest absolute Gasteiger partial charge is 0.267 e. The van der Waals surface area contributed by atoms with Gasteiger partial charge in [0.2, 0.25) is 0 Å². The van der Waals surface area contributed by atoms with Crippen molar-refractivity contribution in [2.75, 3.05) is 13.6 Å². The first-order valence-corrected chi connectivity index (χ1v) is 8.66. The molecule has 1 fully saturated rings. The van der Waals surface area contributed by atoms with Crippen molar-refractivity contribution in [3.63, 3.8) is 0 Å². The summed E-state index contributed by atoms with van der Waals surface area (Å²) in [5.41, 5.74) is 1.88. The maximum Gasteiger partial charge on any atom is 0.267 e. The number of aromatic nitrogens is 4. The molecule has 1 aliphatic rings. The van der Waals surface area contributed by atoms with Crippen molar-refractivity contribution in [2.45, 2.75) is 45.2 Å². The van der Waals surface area contributed by atoms with Gasteiger partial charge in [0.05, 0.1) is 12.6 Å². The molecule has 2 aromatic heterocycles. The van der Waals surface area contributed by atoms with Crippen LogP contribution in [0.4, 0.5) is 0 Å². The Morgan fingerprint density at radius 2 is 2.25 bits per heavy atom. The van der Waals surface area contributed by atoms with E-state index in [1.165, 1.54) is 18.5 Å². The first-order valence-electron chi connectivity index (χ1n) is 8.66. The summed E-state index contributed by atoms with van der Waals surface area (Å²) in [6.07, 6.45) is 4.34. The number of nitrogens with zero attached hydrogens (tertiary/aromatic N) is 4. The Morgan fingerprint density at radius 3 is 2.96 bits per heavy atom. The van der Waals surface area contributed by atoms with Gasteiger partial charge >= 0.3 is 0 Å². The molecule has 1 atom stereocenters.